The zero-order valence-corrected chi connectivity index (χ0v) is 20.6. The molecule has 0 unspecified atom stereocenters. The van der Waals surface area contributed by atoms with Crippen molar-refractivity contribution >= 4 is 50.6 Å². The zero-order valence-electron chi connectivity index (χ0n) is 18.2. The van der Waals surface area contributed by atoms with E-state index in [2.05, 4.69) is 10.1 Å². The number of carboxylic acids is 1. The Morgan fingerprint density at radius 3 is 2.61 bits per heavy atom. The molecule has 0 saturated carbocycles. The van der Waals surface area contributed by atoms with Gasteiger partial charge in [0.05, 0.1) is 17.7 Å². The number of methoxy groups -OCH3 is 1. The number of hydrogen-bond acceptors (Lipinski definition) is 8. The summed E-state index contributed by atoms with van der Waals surface area (Å²) in [7, 11) is -1.98. The molecule has 0 aliphatic carbocycles. The Labute approximate surface area is 201 Å². The number of piperidine rings is 1. The summed E-state index contributed by atoms with van der Waals surface area (Å²) in [6, 6.07) is 7.46. The molecule has 1 aromatic carbocycles. The summed E-state index contributed by atoms with van der Waals surface area (Å²) < 4.78 is 35.5. The van der Waals surface area contributed by atoms with Crippen LogP contribution in [0.3, 0.4) is 0 Å². The molecule has 33 heavy (non-hydrogen) atoms. The number of sulfonamides is 1. The van der Waals surface area contributed by atoms with Crippen molar-refractivity contribution in [3.8, 4) is 16.2 Å². The van der Waals surface area contributed by atoms with Gasteiger partial charge in [0.1, 0.15) is 5.02 Å². The molecule has 0 atom stereocenters. The maximum atomic E-state index is 12.0. The van der Waals surface area contributed by atoms with Crippen molar-refractivity contribution < 1.29 is 32.6 Å². The number of carbonyl (C=O) groups is 2. The van der Waals surface area contributed by atoms with E-state index in [1.54, 1.807) is 13.0 Å². The number of carboxylic acid groups (broad SMARTS) is 1. The van der Waals surface area contributed by atoms with Gasteiger partial charge in [0, 0.05) is 24.8 Å². The summed E-state index contributed by atoms with van der Waals surface area (Å²) in [4.78, 5) is 23.5. The summed E-state index contributed by atoms with van der Waals surface area (Å²) in [6.07, 6.45) is 1.36. The van der Waals surface area contributed by atoms with E-state index in [4.69, 9.17) is 16.3 Å². The van der Waals surface area contributed by atoms with Gasteiger partial charge in [-0.05, 0) is 37.5 Å². The van der Waals surface area contributed by atoms with Crippen LogP contribution in [-0.2, 0) is 19.6 Å². The second-order valence-corrected chi connectivity index (χ2v) is 11.0. The van der Waals surface area contributed by atoms with Crippen LogP contribution in [0.15, 0.2) is 24.3 Å². The van der Waals surface area contributed by atoms with Gasteiger partial charge in [-0.2, -0.15) is 0 Å². The molecule has 0 amide bonds. The lowest BCUT2D eigenvalue weighted by atomic mass is 10.1. The largest absolute Gasteiger partial charge is 0.479 e. The number of aromatic carboxylic acids is 1. The smallest absolute Gasteiger partial charge is 0.349 e. The highest BCUT2D eigenvalue weighted by atomic mass is 35.5. The molecule has 180 valence electrons. The Morgan fingerprint density at radius 1 is 1.30 bits per heavy atom. The van der Waals surface area contributed by atoms with Gasteiger partial charge in [0.2, 0.25) is 10.0 Å². The lowest BCUT2D eigenvalue weighted by molar-refractivity contribution is -0.142. The lowest BCUT2D eigenvalue weighted by Crippen LogP contribution is -2.42. The highest BCUT2D eigenvalue weighted by Gasteiger charge is 2.27. The van der Waals surface area contributed by atoms with Crippen molar-refractivity contribution in [2.24, 2.45) is 0 Å². The van der Waals surface area contributed by atoms with E-state index in [1.165, 1.54) is 11.4 Å². The Balaban J connectivity index is 1.77. The van der Waals surface area contributed by atoms with E-state index in [0.717, 1.165) is 17.0 Å². The molecule has 3 rings (SSSR count). The van der Waals surface area contributed by atoms with Crippen LogP contribution in [0.25, 0.3) is 10.4 Å². The van der Waals surface area contributed by atoms with Gasteiger partial charge in [0.15, 0.2) is 17.2 Å². The molecule has 1 saturated heterocycles. The molecule has 1 fully saturated rings. The van der Waals surface area contributed by atoms with E-state index in [-0.39, 0.29) is 27.4 Å². The third-order valence-corrected chi connectivity index (χ3v) is 8.84. The van der Waals surface area contributed by atoms with Crippen molar-refractivity contribution in [1.29, 1.82) is 0 Å². The maximum absolute atomic E-state index is 12.0. The number of anilines is 1. The molecule has 2 aromatic rings. The Morgan fingerprint density at radius 2 is 2.00 bits per heavy atom. The number of carbonyl (C=O) groups excluding carboxylic acids is 1. The monoisotopic (exact) mass is 516 g/mol. The summed E-state index contributed by atoms with van der Waals surface area (Å²) >= 11 is 7.40. The molecule has 12 heteroatoms. The van der Waals surface area contributed by atoms with Crippen LogP contribution in [0, 0.1) is 0 Å². The first-order valence-electron chi connectivity index (χ1n) is 10.3. The summed E-state index contributed by atoms with van der Waals surface area (Å²) in [5.41, 5.74) is 1.50. The summed E-state index contributed by atoms with van der Waals surface area (Å²) in [5, 5.41) is 13.1. The van der Waals surface area contributed by atoms with Crippen LogP contribution < -0.4 is 10.1 Å². The normalized spacial score (nSPS) is 15.2. The van der Waals surface area contributed by atoms with Gasteiger partial charge < -0.3 is 19.9 Å². The molecule has 0 radical (unpaired) electrons. The number of ether oxygens (including phenoxy) is 2. The average molecular weight is 517 g/mol. The van der Waals surface area contributed by atoms with Gasteiger partial charge in [0.25, 0.3) is 0 Å². The Kier molecular flexibility index (Phi) is 8.22. The first kappa shape index (κ1) is 25.3. The van der Waals surface area contributed by atoms with Crippen molar-refractivity contribution in [2.75, 3.05) is 37.9 Å². The van der Waals surface area contributed by atoms with Crippen LogP contribution in [0.5, 0.6) is 5.75 Å². The SMILES string of the molecule is CCS(=O)(=O)N1CCC(Nc2cccc(-c3sc(C(=O)O)c(OCC(=O)OC)c3Cl)c2)CC1. The van der Waals surface area contributed by atoms with E-state index >= 15 is 0 Å². The van der Waals surface area contributed by atoms with E-state index < -0.39 is 28.6 Å². The molecule has 0 spiro atoms. The quantitative estimate of drug-likeness (QED) is 0.485. The minimum Gasteiger partial charge on any atom is -0.479 e. The second kappa shape index (κ2) is 10.7. The van der Waals surface area contributed by atoms with E-state index in [9.17, 15) is 23.1 Å². The van der Waals surface area contributed by atoms with Crippen molar-refractivity contribution in [3.63, 3.8) is 0 Å². The topological polar surface area (TPSA) is 122 Å². The van der Waals surface area contributed by atoms with E-state index in [1.807, 2.05) is 18.2 Å². The number of halogens is 1. The standard InChI is InChI=1S/C21H25ClN2O7S2/c1-3-33(28,29)24-9-7-14(8-10-24)23-15-6-4-5-13(11-15)19-17(22)18(20(32-19)21(26)27)31-12-16(25)30-2/h4-6,11,14,23H,3,7-10,12H2,1-2H3,(H,26,27). The van der Waals surface area contributed by atoms with Crippen LogP contribution in [0.4, 0.5) is 5.69 Å². The van der Waals surface area contributed by atoms with Crippen LogP contribution in [-0.4, -0.2) is 68.4 Å². The van der Waals surface area contributed by atoms with E-state index in [0.29, 0.717) is 36.4 Å². The molecule has 2 N–H and O–H groups in total. The third-order valence-electron chi connectivity index (χ3n) is 5.27. The van der Waals surface area contributed by atoms with Crippen LogP contribution >= 0.6 is 22.9 Å². The van der Waals surface area contributed by atoms with Gasteiger partial charge in [-0.15, -0.1) is 11.3 Å². The number of hydrogen-bond donors (Lipinski definition) is 2. The summed E-state index contributed by atoms with van der Waals surface area (Å²) in [6.45, 7) is 2.11. The summed E-state index contributed by atoms with van der Waals surface area (Å²) in [5.74, 6) is -1.84. The number of rotatable bonds is 9. The van der Waals surface area contributed by atoms with Crippen molar-refractivity contribution in [2.45, 2.75) is 25.8 Å². The fraction of sp³-hybridized carbons (Fsp3) is 0.429. The van der Waals surface area contributed by atoms with Gasteiger partial charge >= 0.3 is 11.9 Å². The molecular weight excluding hydrogens is 492 g/mol. The predicted molar refractivity (Wildman–Crippen MR) is 127 cm³/mol. The maximum Gasteiger partial charge on any atom is 0.349 e. The van der Waals surface area contributed by atoms with Gasteiger partial charge in [-0.1, -0.05) is 23.7 Å². The zero-order chi connectivity index (χ0) is 24.2. The van der Waals surface area contributed by atoms with Crippen LogP contribution in [0.1, 0.15) is 29.4 Å². The number of thiophene rings is 1. The minimum absolute atomic E-state index is 0.0718. The fourth-order valence-corrected chi connectivity index (χ4v) is 6.02. The van der Waals surface area contributed by atoms with Crippen molar-refractivity contribution in [3.05, 3.63) is 34.2 Å². The predicted octanol–water partition coefficient (Wildman–Crippen LogP) is 3.54. The minimum atomic E-state index is -3.18. The highest BCUT2D eigenvalue weighted by molar-refractivity contribution is 7.89. The fourth-order valence-electron chi connectivity index (χ4n) is 3.49. The molecular formula is C21H25ClN2O7S2. The van der Waals surface area contributed by atoms with Gasteiger partial charge in [-0.25, -0.2) is 22.3 Å². The molecule has 1 aliphatic heterocycles. The molecule has 1 aliphatic rings. The number of esters is 1. The Hall–Kier alpha value is -2.34. The first-order valence-corrected chi connectivity index (χ1v) is 13.1. The Bertz CT molecular complexity index is 1130. The van der Waals surface area contributed by atoms with Crippen LogP contribution in [0.2, 0.25) is 5.02 Å². The lowest BCUT2D eigenvalue weighted by Gasteiger charge is -2.32. The molecule has 0 bridgehead atoms. The second-order valence-electron chi connectivity index (χ2n) is 7.37. The molecule has 2 heterocycles. The molecule has 9 nitrogen and oxygen atoms in total. The number of nitrogens with one attached hydrogen (secondary N) is 1. The number of benzene rings is 1. The average Bonchev–Trinajstić information content (AvgIpc) is 3.14. The third kappa shape index (κ3) is 5.97. The highest BCUT2D eigenvalue weighted by Crippen LogP contribution is 2.46. The van der Waals surface area contributed by atoms with Gasteiger partial charge in [-0.3, -0.25) is 0 Å². The van der Waals surface area contributed by atoms with Crippen molar-refractivity contribution in [1.82, 2.24) is 4.31 Å². The first-order chi connectivity index (χ1) is 15.7. The molecule has 1 aromatic heterocycles. The number of nitrogens with zero attached hydrogens (tertiary/aromatic N) is 1.